The van der Waals surface area contributed by atoms with Crippen LogP contribution in [0.5, 0.6) is 0 Å². The number of carboxylic acids is 1. The number of esters is 1. The molecule has 4 nitrogen and oxygen atoms in total. The Morgan fingerprint density at radius 1 is 0.806 bits per heavy atom. The molecule has 0 bridgehead atoms. The molecule has 5 saturated carbocycles. The number of rotatable bonds is 3. The third kappa shape index (κ3) is 3.23. The topological polar surface area (TPSA) is 63.6 Å². The maximum Gasteiger partial charge on any atom is 0.309 e. The van der Waals surface area contributed by atoms with Gasteiger partial charge in [0.25, 0.3) is 0 Å². The Morgan fingerprint density at radius 2 is 1.50 bits per heavy atom. The normalized spacial score (nSPS) is 51.5. The van der Waals surface area contributed by atoms with E-state index in [1.165, 1.54) is 25.7 Å². The lowest BCUT2D eigenvalue weighted by Crippen LogP contribution is -2.67. The standard InChI is InChI=1S/C32H52O4/c1-19(2)21-11-16-32(27(34)35)18-17-30(7)22(26(21)32)9-10-24-29(6)14-13-25(36-20(3)33)28(4,5)23(29)12-15-31(24,30)8/h19,21-26H,9-18H2,1-8H3,(H,34,35)/t21-,22+,23-,24+,25-,26+,29-,30+,31+,32-/m0/s1. The van der Waals surface area contributed by atoms with Crippen LogP contribution in [0.2, 0.25) is 0 Å². The Hall–Kier alpha value is -1.06. The number of hydrogen-bond donors (Lipinski definition) is 1. The molecule has 204 valence electrons. The average molecular weight is 501 g/mol. The van der Waals surface area contributed by atoms with Gasteiger partial charge < -0.3 is 9.84 Å². The van der Waals surface area contributed by atoms with E-state index >= 15 is 0 Å². The molecule has 0 spiro atoms. The summed E-state index contributed by atoms with van der Waals surface area (Å²) >= 11 is 0. The molecule has 0 aromatic heterocycles. The zero-order chi connectivity index (χ0) is 26.5. The highest BCUT2D eigenvalue weighted by Gasteiger charge is 2.72. The molecular weight excluding hydrogens is 448 g/mol. The number of carbonyl (C=O) groups excluding carboxylic acids is 1. The van der Waals surface area contributed by atoms with Gasteiger partial charge in [-0.05, 0) is 116 Å². The summed E-state index contributed by atoms with van der Waals surface area (Å²) in [5.41, 5.74) is 0.169. The van der Waals surface area contributed by atoms with Crippen LogP contribution < -0.4 is 0 Å². The summed E-state index contributed by atoms with van der Waals surface area (Å²) < 4.78 is 5.89. The third-order valence-electron chi connectivity index (χ3n) is 14.0. The van der Waals surface area contributed by atoms with Gasteiger partial charge in [-0.2, -0.15) is 0 Å². The predicted molar refractivity (Wildman–Crippen MR) is 142 cm³/mol. The van der Waals surface area contributed by atoms with Crippen molar-refractivity contribution in [2.24, 2.45) is 62.6 Å². The van der Waals surface area contributed by atoms with Gasteiger partial charge in [-0.1, -0.05) is 48.5 Å². The molecule has 0 saturated heterocycles. The zero-order valence-electron chi connectivity index (χ0n) is 24.3. The molecular formula is C32H52O4. The van der Waals surface area contributed by atoms with Gasteiger partial charge in [0.1, 0.15) is 6.10 Å². The molecule has 5 fully saturated rings. The summed E-state index contributed by atoms with van der Waals surface area (Å²) in [6.07, 6.45) is 10.9. The van der Waals surface area contributed by atoms with E-state index in [0.29, 0.717) is 35.5 Å². The van der Waals surface area contributed by atoms with Crippen LogP contribution in [-0.2, 0) is 14.3 Å². The molecule has 5 rings (SSSR count). The van der Waals surface area contributed by atoms with Crippen LogP contribution in [0.15, 0.2) is 0 Å². The lowest BCUT2D eigenvalue weighted by Gasteiger charge is -2.72. The van der Waals surface area contributed by atoms with Gasteiger partial charge in [0.2, 0.25) is 0 Å². The fraction of sp³-hybridized carbons (Fsp3) is 0.938. The minimum absolute atomic E-state index is 0.0144. The van der Waals surface area contributed by atoms with Crippen LogP contribution in [0.4, 0.5) is 0 Å². The van der Waals surface area contributed by atoms with E-state index in [-0.39, 0.29) is 33.7 Å². The Morgan fingerprint density at radius 3 is 2.11 bits per heavy atom. The smallest absolute Gasteiger partial charge is 0.309 e. The van der Waals surface area contributed by atoms with Crippen LogP contribution in [0.25, 0.3) is 0 Å². The van der Waals surface area contributed by atoms with Gasteiger partial charge in [-0.15, -0.1) is 0 Å². The Labute approximate surface area is 219 Å². The zero-order valence-corrected chi connectivity index (χ0v) is 24.3. The maximum absolute atomic E-state index is 12.8. The molecule has 5 aliphatic carbocycles. The van der Waals surface area contributed by atoms with Crippen molar-refractivity contribution in [3.63, 3.8) is 0 Å². The van der Waals surface area contributed by atoms with Crippen molar-refractivity contribution < 1.29 is 19.4 Å². The van der Waals surface area contributed by atoms with Crippen molar-refractivity contribution in [1.82, 2.24) is 0 Å². The second-order valence-electron chi connectivity index (χ2n) is 15.6. The van der Waals surface area contributed by atoms with E-state index in [2.05, 4.69) is 48.5 Å². The van der Waals surface area contributed by atoms with Crippen molar-refractivity contribution in [3.8, 4) is 0 Å². The van der Waals surface area contributed by atoms with Gasteiger partial charge in [-0.3, -0.25) is 9.59 Å². The van der Waals surface area contributed by atoms with Crippen LogP contribution in [0.3, 0.4) is 0 Å². The summed E-state index contributed by atoms with van der Waals surface area (Å²) in [6, 6.07) is 0. The quantitative estimate of drug-likeness (QED) is 0.403. The molecule has 0 amide bonds. The highest BCUT2D eigenvalue weighted by molar-refractivity contribution is 5.76. The van der Waals surface area contributed by atoms with Crippen LogP contribution >= 0.6 is 0 Å². The molecule has 0 heterocycles. The van der Waals surface area contributed by atoms with Gasteiger partial charge in [0, 0.05) is 12.3 Å². The van der Waals surface area contributed by atoms with Crippen molar-refractivity contribution in [3.05, 3.63) is 0 Å². The SMILES string of the molecule is CC(=O)O[C@H]1CC[C@]2(C)[C@H]3CC[C@@H]4[C@H]5[C@H](C(C)C)CC[C@]5(C(=O)O)CC[C@@]4(C)[C@]3(C)CC[C@H]2C1(C)C. The van der Waals surface area contributed by atoms with E-state index in [4.69, 9.17) is 4.74 Å². The second-order valence-corrected chi connectivity index (χ2v) is 15.6. The number of fused-ring (bicyclic) bond motifs is 7. The fourth-order valence-electron chi connectivity index (χ4n) is 12.1. The number of carbonyl (C=O) groups is 2. The highest BCUT2D eigenvalue weighted by Crippen LogP contribution is 2.77. The summed E-state index contributed by atoms with van der Waals surface area (Å²) in [5, 5.41) is 10.6. The highest BCUT2D eigenvalue weighted by atomic mass is 16.5. The molecule has 0 radical (unpaired) electrons. The van der Waals surface area contributed by atoms with E-state index in [0.717, 1.165) is 38.5 Å². The summed E-state index contributed by atoms with van der Waals surface area (Å²) in [5.74, 6) is 2.48. The molecule has 4 heteroatoms. The van der Waals surface area contributed by atoms with E-state index in [9.17, 15) is 14.7 Å². The number of aliphatic carboxylic acids is 1. The van der Waals surface area contributed by atoms with Crippen molar-refractivity contribution in [1.29, 1.82) is 0 Å². The first-order chi connectivity index (χ1) is 16.6. The van der Waals surface area contributed by atoms with Gasteiger partial charge in [-0.25, -0.2) is 0 Å². The van der Waals surface area contributed by atoms with Crippen molar-refractivity contribution in [2.45, 2.75) is 126 Å². The number of hydrogen-bond acceptors (Lipinski definition) is 3. The molecule has 5 aliphatic rings. The molecule has 1 N–H and O–H groups in total. The van der Waals surface area contributed by atoms with Gasteiger partial charge >= 0.3 is 11.9 Å². The molecule has 0 unspecified atom stereocenters. The second kappa shape index (κ2) is 8.22. The summed E-state index contributed by atoms with van der Waals surface area (Å²) in [4.78, 5) is 24.7. The lowest BCUT2D eigenvalue weighted by molar-refractivity contribution is -0.251. The number of ether oxygens (including phenoxy) is 1. The monoisotopic (exact) mass is 500 g/mol. The minimum atomic E-state index is -0.508. The lowest BCUT2D eigenvalue weighted by atomic mass is 9.32. The fourth-order valence-corrected chi connectivity index (χ4v) is 12.1. The molecule has 10 atom stereocenters. The Balaban J connectivity index is 1.52. The number of carboxylic acid groups (broad SMARTS) is 1. The maximum atomic E-state index is 12.8. The van der Waals surface area contributed by atoms with Gasteiger partial charge in [0.05, 0.1) is 5.41 Å². The average Bonchev–Trinajstić information content (AvgIpc) is 3.17. The van der Waals surface area contributed by atoms with Crippen LogP contribution in [0, 0.1) is 62.6 Å². The van der Waals surface area contributed by atoms with Crippen molar-refractivity contribution >= 4 is 11.9 Å². The Kier molecular flexibility index (Phi) is 6.06. The first kappa shape index (κ1) is 26.5. The third-order valence-corrected chi connectivity index (χ3v) is 14.0. The summed E-state index contributed by atoms with van der Waals surface area (Å²) in [6.45, 7) is 18.7. The first-order valence-electron chi connectivity index (χ1n) is 15.1. The summed E-state index contributed by atoms with van der Waals surface area (Å²) in [7, 11) is 0. The van der Waals surface area contributed by atoms with E-state index in [1.807, 2.05) is 0 Å². The Bertz CT molecular complexity index is 923. The minimum Gasteiger partial charge on any atom is -0.481 e. The van der Waals surface area contributed by atoms with Crippen molar-refractivity contribution in [2.75, 3.05) is 0 Å². The van der Waals surface area contributed by atoms with Crippen LogP contribution in [-0.4, -0.2) is 23.1 Å². The molecule has 0 aromatic rings. The van der Waals surface area contributed by atoms with E-state index < -0.39 is 11.4 Å². The van der Waals surface area contributed by atoms with Gasteiger partial charge in [0.15, 0.2) is 0 Å². The largest absolute Gasteiger partial charge is 0.481 e. The molecule has 0 aliphatic heterocycles. The molecule has 36 heavy (non-hydrogen) atoms. The molecule has 0 aromatic carbocycles. The van der Waals surface area contributed by atoms with Crippen LogP contribution in [0.1, 0.15) is 120 Å². The van der Waals surface area contributed by atoms with E-state index in [1.54, 1.807) is 6.92 Å². The predicted octanol–water partition coefficient (Wildman–Crippen LogP) is 7.74. The first-order valence-corrected chi connectivity index (χ1v) is 15.1.